The second-order valence-corrected chi connectivity index (χ2v) is 4.88. The fraction of sp³-hybridized carbons (Fsp3) is 0.200. The molecule has 0 amide bonds. The third-order valence-electron chi connectivity index (χ3n) is 2.99. The number of hydrogen-bond donors (Lipinski definition) is 1. The highest BCUT2D eigenvalue weighted by Gasteiger charge is 2.05. The molecule has 18 heavy (non-hydrogen) atoms. The minimum absolute atomic E-state index is 0.516. The average molecular weight is 261 g/mol. The number of anilines is 1. The summed E-state index contributed by atoms with van der Waals surface area (Å²) in [5.41, 5.74) is 10.3. The van der Waals surface area contributed by atoms with E-state index in [0.29, 0.717) is 6.54 Å². The van der Waals surface area contributed by atoms with Gasteiger partial charge in [0.15, 0.2) is 0 Å². The van der Waals surface area contributed by atoms with Crippen molar-refractivity contribution in [1.29, 1.82) is 0 Å². The van der Waals surface area contributed by atoms with Crippen LogP contribution < -0.4 is 10.6 Å². The van der Waals surface area contributed by atoms with E-state index in [1.165, 1.54) is 5.69 Å². The summed E-state index contributed by atoms with van der Waals surface area (Å²) in [7, 11) is 4.05. The molecule has 2 aromatic rings. The van der Waals surface area contributed by atoms with Gasteiger partial charge in [0, 0.05) is 31.4 Å². The van der Waals surface area contributed by atoms with Gasteiger partial charge < -0.3 is 10.6 Å². The SMILES string of the molecule is CN(C)c1ccc(-c2cc(Cl)ccc2CN)cc1. The number of nitrogens with two attached hydrogens (primary N) is 1. The van der Waals surface area contributed by atoms with Crippen molar-refractivity contribution in [2.24, 2.45) is 5.73 Å². The van der Waals surface area contributed by atoms with E-state index in [1.807, 2.05) is 32.3 Å². The van der Waals surface area contributed by atoms with Crippen LogP contribution in [0.15, 0.2) is 42.5 Å². The predicted molar refractivity (Wildman–Crippen MR) is 79.1 cm³/mol. The third kappa shape index (κ3) is 2.66. The Kier molecular flexibility index (Phi) is 3.90. The van der Waals surface area contributed by atoms with Crippen molar-refractivity contribution >= 4 is 17.3 Å². The summed E-state index contributed by atoms with van der Waals surface area (Å²) >= 11 is 6.06. The Bertz CT molecular complexity index is 533. The van der Waals surface area contributed by atoms with Crippen LogP contribution in [0.2, 0.25) is 5.02 Å². The Morgan fingerprint density at radius 1 is 1.06 bits per heavy atom. The van der Waals surface area contributed by atoms with Crippen LogP contribution in [-0.4, -0.2) is 14.1 Å². The third-order valence-corrected chi connectivity index (χ3v) is 3.22. The van der Waals surface area contributed by atoms with Gasteiger partial charge >= 0.3 is 0 Å². The molecular weight excluding hydrogens is 244 g/mol. The Balaban J connectivity index is 2.44. The van der Waals surface area contributed by atoms with Crippen molar-refractivity contribution in [3.05, 3.63) is 53.1 Å². The Labute approximate surface area is 113 Å². The zero-order valence-corrected chi connectivity index (χ0v) is 11.4. The predicted octanol–water partition coefficient (Wildman–Crippen LogP) is 3.53. The quantitative estimate of drug-likeness (QED) is 0.915. The second-order valence-electron chi connectivity index (χ2n) is 4.45. The smallest absolute Gasteiger partial charge is 0.0412 e. The van der Waals surface area contributed by atoms with Crippen LogP contribution in [0.3, 0.4) is 0 Å². The molecule has 0 spiro atoms. The lowest BCUT2D eigenvalue weighted by molar-refractivity contribution is 1.07. The van der Waals surface area contributed by atoms with Gasteiger partial charge in [-0.2, -0.15) is 0 Å². The largest absolute Gasteiger partial charge is 0.378 e. The maximum absolute atomic E-state index is 6.06. The molecule has 0 aliphatic carbocycles. The normalized spacial score (nSPS) is 10.4. The van der Waals surface area contributed by atoms with E-state index in [4.69, 9.17) is 17.3 Å². The molecule has 0 fully saturated rings. The van der Waals surface area contributed by atoms with Crippen LogP contribution in [0.4, 0.5) is 5.69 Å². The van der Waals surface area contributed by atoms with Gasteiger partial charge in [0.05, 0.1) is 0 Å². The molecule has 0 aliphatic heterocycles. The van der Waals surface area contributed by atoms with Gasteiger partial charge in [-0.15, -0.1) is 0 Å². The van der Waals surface area contributed by atoms with Crippen molar-refractivity contribution in [3.8, 4) is 11.1 Å². The molecule has 0 aliphatic rings. The van der Waals surface area contributed by atoms with Crippen molar-refractivity contribution in [1.82, 2.24) is 0 Å². The molecular formula is C15H17ClN2. The van der Waals surface area contributed by atoms with Crippen molar-refractivity contribution in [3.63, 3.8) is 0 Å². The molecule has 94 valence electrons. The van der Waals surface area contributed by atoms with Gasteiger partial charge in [0.1, 0.15) is 0 Å². The minimum Gasteiger partial charge on any atom is -0.378 e. The molecule has 0 atom stereocenters. The lowest BCUT2D eigenvalue weighted by Gasteiger charge is -2.14. The van der Waals surface area contributed by atoms with Gasteiger partial charge in [-0.05, 0) is 41.0 Å². The minimum atomic E-state index is 0.516. The van der Waals surface area contributed by atoms with Crippen molar-refractivity contribution < 1.29 is 0 Å². The summed E-state index contributed by atoms with van der Waals surface area (Å²) in [6, 6.07) is 14.2. The van der Waals surface area contributed by atoms with Crippen LogP contribution in [0.25, 0.3) is 11.1 Å². The highest BCUT2D eigenvalue weighted by Crippen LogP contribution is 2.28. The maximum atomic E-state index is 6.06. The monoisotopic (exact) mass is 260 g/mol. The maximum Gasteiger partial charge on any atom is 0.0412 e. The van der Waals surface area contributed by atoms with E-state index in [9.17, 15) is 0 Å². The van der Waals surface area contributed by atoms with Gasteiger partial charge in [-0.25, -0.2) is 0 Å². The van der Waals surface area contributed by atoms with E-state index in [2.05, 4.69) is 29.2 Å². The number of hydrogen-bond acceptors (Lipinski definition) is 2. The molecule has 2 nitrogen and oxygen atoms in total. The Morgan fingerprint density at radius 3 is 2.28 bits per heavy atom. The fourth-order valence-corrected chi connectivity index (χ4v) is 2.11. The van der Waals surface area contributed by atoms with E-state index in [0.717, 1.165) is 21.7 Å². The van der Waals surface area contributed by atoms with Crippen LogP contribution in [-0.2, 0) is 6.54 Å². The Morgan fingerprint density at radius 2 is 1.72 bits per heavy atom. The van der Waals surface area contributed by atoms with E-state index >= 15 is 0 Å². The molecule has 2 N–H and O–H groups in total. The van der Waals surface area contributed by atoms with E-state index < -0.39 is 0 Å². The first-order valence-corrected chi connectivity index (χ1v) is 6.26. The molecule has 0 unspecified atom stereocenters. The fourth-order valence-electron chi connectivity index (χ4n) is 1.93. The van der Waals surface area contributed by atoms with Gasteiger partial charge in [-0.1, -0.05) is 29.8 Å². The molecule has 2 rings (SSSR count). The highest BCUT2D eigenvalue weighted by molar-refractivity contribution is 6.30. The zero-order valence-electron chi connectivity index (χ0n) is 10.7. The summed E-state index contributed by atoms with van der Waals surface area (Å²) in [5.74, 6) is 0. The second kappa shape index (κ2) is 5.42. The summed E-state index contributed by atoms with van der Waals surface area (Å²) in [6.07, 6.45) is 0. The standard InChI is InChI=1S/C15H17ClN2/c1-18(2)14-7-4-11(5-8-14)15-9-13(16)6-3-12(15)10-17/h3-9H,10,17H2,1-2H3. The first-order valence-electron chi connectivity index (χ1n) is 5.88. The molecule has 3 heteroatoms. The van der Waals surface area contributed by atoms with Crippen LogP contribution in [0.1, 0.15) is 5.56 Å². The summed E-state index contributed by atoms with van der Waals surface area (Å²) < 4.78 is 0. The first kappa shape index (κ1) is 12.9. The summed E-state index contributed by atoms with van der Waals surface area (Å²) in [4.78, 5) is 2.07. The molecule has 0 saturated heterocycles. The number of rotatable bonds is 3. The summed E-state index contributed by atoms with van der Waals surface area (Å²) in [6.45, 7) is 0.516. The molecule has 0 heterocycles. The number of halogens is 1. The van der Waals surface area contributed by atoms with Crippen LogP contribution >= 0.6 is 11.6 Å². The van der Waals surface area contributed by atoms with Crippen molar-refractivity contribution in [2.75, 3.05) is 19.0 Å². The Hall–Kier alpha value is -1.51. The average Bonchev–Trinajstić information content (AvgIpc) is 2.39. The molecule has 0 aromatic heterocycles. The number of benzene rings is 2. The van der Waals surface area contributed by atoms with Gasteiger partial charge in [-0.3, -0.25) is 0 Å². The molecule has 2 aromatic carbocycles. The number of nitrogens with zero attached hydrogens (tertiary/aromatic N) is 1. The molecule has 0 radical (unpaired) electrons. The first-order chi connectivity index (χ1) is 8.61. The van der Waals surface area contributed by atoms with E-state index in [1.54, 1.807) is 0 Å². The lowest BCUT2D eigenvalue weighted by Crippen LogP contribution is -2.08. The topological polar surface area (TPSA) is 29.3 Å². The molecule has 0 bridgehead atoms. The van der Waals surface area contributed by atoms with Gasteiger partial charge in [0.2, 0.25) is 0 Å². The van der Waals surface area contributed by atoms with E-state index in [-0.39, 0.29) is 0 Å². The lowest BCUT2D eigenvalue weighted by atomic mass is 9.99. The van der Waals surface area contributed by atoms with Crippen molar-refractivity contribution in [2.45, 2.75) is 6.54 Å². The molecule has 0 saturated carbocycles. The van der Waals surface area contributed by atoms with Crippen LogP contribution in [0, 0.1) is 0 Å². The van der Waals surface area contributed by atoms with Gasteiger partial charge in [0.25, 0.3) is 0 Å². The summed E-state index contributed by atoms with van der Waals surface area (Å²) in [5, 5.41) is 0.735. The zero-order chi connectivity index (χ0) is 13.1. The van der Waals surface area contributed by atoms with Crippen LogP contribution in [0.5, 0.6) is 0 Å². The highest BCUT2D eigenvalue weighted by atomic mass is 35.5.